The second-order valence-electron chi connectivity index (χ2n) is 7.51. The van der Waals surface area contributed by atoms with Gasteiger partial charge in [0.05, 0.1) is 5.54 Å². The Balaban J connectivity index is 1.39. The van der Waals surface area contributed by atoms with E-state index in [2.05, 4.69) is 17.1 Å². The Kier molecular flexibility index (Phi) is 3.69. The smallest absolute Gasteiger partial charge is 0.276 e. The number of ether oxygens (including phenoxy) is 1. The first-order chi connectivity index (χ1) is 11.1. The molecule has 2 aliphatic heterocycles. The van der Waals surface area contributed by atoms with Gasteiger partial charge in [-0.3, -0.25) is 9.69 Å². The predicted molar refractivity (Wildman–Crippen MR) is 84.3 cm³/mol. The number of rotatable bonds is 4. The molecule has 1 aromatic heterocycles. The highest BCUT2D eigenvalue weighted by atomic mass is 16.5. The van der Waals surface area contributed by atoms with E-state index in [1.807, 2.05) is 11.0 Å². The molecule has 0 aromatic carbocycles. The van der Waals surface area contributed by atoms with Crippen molar-refractivity contribution in [2.24, 2.45) is 5.92 Å². The molecule has 0 N–H and O–H groups in total. The van der Waals surface area contributed by atoms with E-state index in [9.17, 15) is 4.79 Å². The molecule has 0 unspecified atom stereocenters. The quantitative estimate of drug-likeness (QED) is 0.846. The van der Waals surface area contributed by atoms with Gasteiger partial charge in [-0.25, -0.2) is 0 Å². The molecule has 0 radical (unpaired) electrons. The van der Waals surface area contributed by atoms with Gasteiger partial charge in [-0.1, -0.05) is 5.16 Å². The van der Waals surface area contributed by atoms with Crippen molar-refractivity contribution in [2.75, 3.05) is 40.4 Å². The van der Waals surface area contributed by atoms with Crippen LogP contribution in [0.25, 0.3) is 0 Å². The van der Waals surface area contributed by atoms with E-state index in [1.54, 1.807) is 7.11 Å². The number of hydrogen-bond acceptors (Lipinski definition) is 5. The number of piperidine rings is 1. The lowest BCUT2D eigenvalue weighted by Gasteiger charge is -2.58. The van der Waals surface area contributed by atoms with Crippen molar-refractivity contribution in [1.29, 1.82) is 0 Å². The second-order valence-corrected chi connectivity index (χ2v) is 7.51. The molecule has 1 aromatic rings. The van der Waals surface area contributed by atoms with E-state index in [0.717, 1.165) is 51.3 Å². The normalized spacial score (nSPS) is 27.2. The Hall–Kier alpha value is -1.40. The van der Waals surface area contributed by atoms with Crippen LogP contribution in [0.4, 0.5) is 0 Å². The summed E-state index contributed by atoms with van der Waals surface area (Å²) in [7, 11) is 3.94. The zero-order chi connectivity index (χ0) is 16.0. The van der Waals surface area contributed by atoms with E-state index in [4.69, 9.17) is 9.26 Å². The molecule has 1 aliphatic carbocycles. The first-order valence-electron chi connectivity index (χ1n) is 8.57. The van der Waals surface area contributed by atoms with Crippen LogP contribution in [0, 0.1) is 5.92 Å². The number of hydrogen-bond donors (Lipinski definition) is 0. The minimum Gasteiger partial charge on any atom is -0.384 e. The fourth-order valence-electron chi connectivity index (χ4n) is 4.08. The molecule has 2 saturated heterocycles. The van der Waals surface area contributed by atoms with Crippen molar-refractivity contribution in [3.63, 3.8) is 0 Å². The van der Waals surface area contributed by atoms with Gasteiger partial charge in [0.1, 0.15) is 5.76 Å². The first kappa shape index (κ1) is 15.1. The average Bonchev–Trinajstić information content (AvgIpc) is 3.24. The van der Waals surface area contributed by atoms with Gasteiger partial charge in [-0.15, -0.1) is 0 Å². The highest BCUT2D eigenvalue weighted by molar-refractivity contribution is 5.93. The van der Waals surface area contributed by atoms with Crippen molar-refractivity contribution in [3.05, 3.63) is 17.5 Å². The van der Waals surface area contributed by atoms with Gasteiger partial charge < -0.3 is 14.2 Å². The number of likely N-dealkylation sites (N-methyl/N-ethyl adjacent to an activating group) is 1. The van der Waals surface area contributed by atoms with Crippen molar-refractivity contribution < 1.29 is 14.1 Å². The minimum absolute atomic E-state index is 0.00791. The molecule has 23 heavy (non-hydrogen) atoms. The summed E-state index contributed by atoms with van der Waals surface area (Å²) in [6.45, 7) is 3.46. The van der Waals surface area contributed by atoms with E-state index in [1.165, 1.54) is 6.42 Å². The molecule has 3 heterocycles. The molecular formula is C17H25N3O3. The molecule has 1 atom stereocenters. The fourth-order valence-corrected chi connectivity index (χ4v) is 4.08. The number of nitrogens with zero attached hydrogens (tertiary/aromatic N) is 3. The van der Waals surface area contributed by atoms with Gasteiger partial charge in [0.15, 0.2) is 5.69 Å². The lowest BCUT2D eigenvalue weighted by atomic mass is 9.75. The highest BCUT2D eigenvalue weighted by Crippen LogP contribution is 2.41. The topological polar surface area (TPSA) is 58.8 Å². The van der Waals surface area contributed by atoms with Crippen molar-refractivity contribution in [1.82, 2.24) is 15.0 Å². The lowest BCUT2D eigenvalue weighted by Crippen LogP contribution is -2.72. The monoisotopic (exact) mass is 319 g/mol. The number of methoxy groups -OCH3 is 1. The van der Waals surface area contributed by atoms with Crippen LogP contribution in [0.2, 0.25) is 0 Å². The van der Waals surface area contributed by atoms with Crippen LogP contribution < -0.4 is 0 Å². The molecule has 1 spiro atoms. The van der Waals surface area contributed by atoms with Crippen LogP contribution in [0.15, 0.2) is 10.6 Å². The van der Waals surface area contributed by atoms with Crippen molar-refractivity contribution in [3.8, 4) is 0 Å². The number of aromatic nitrogens is 1. The van der Waals surface area contributed by atoms with Gasteiger partial charge in [0.25, 0.3) is 5.91 Å². The molecule has 126 valence electrons. The fraction of sp³-hybridized carbons (Fsp3) is 0.765. The van der Waals surface area contributed by atoms with Crippen molar-refractivity contribution >= 4 is 5.91 Å². The third kappa shape index (κ3) is 2.68. The Morgan fingerprint density at radius 1 is 1.43 bits per heavy atom. The largest absolute Gasteiger partial charge is 0.384 e. The SMILES string of the molecule is COC[C@@H]1CCN(C)C2(C1)CN(C(=O)c1cc(C3CC3)on1)C2. The molecule has 6 heteroatoms. The molecule has 1 saturated carbocycles. The maximum absolute atomic E-state index is 12.6. The summed E-state index contributed by atoms with van der Waals surface area (Å²) in [6, 6.07) is 1.84. The van der Waals surface area contributed by atoms with Gasteiger partial charge in [0, 0.05) is 38.8 Å². The van der Waals surface area contributed by atoms with Gasteiger partial charge in [-0.2, -0.15) is 0 Å². The van der Waals surface area contributed by atoms with E-state index in [0.29, 0.717) is 17.5 Å². The second kappa shape index (κ2) is 5.60. The Bertz CT molecular complexity index is 590. The van der Waals surface area contributed by atoms with E-state index in [-0.39, 0.29) is 11.4 Å². The molecule has 0 bridgehead atoms. The first-order valence-corrected chi connectivity index (χ1v) is 8.57. The lowest BCUT2D eigenvalue weighted by molar-refractivity contribution is -0.0733. The van der Waals surface area contributed by atoms with Crippen LogP contribution in [0.5, 0.6) is 0 Å². The zero-order valence-electron chi connectivity index (χ0n) is 14.0. The average molecular weight is 319 g/mol. The van der Waals surface area contributed by atoms with Crippen LogP contribution in [-0.4, -0.2) is 66.8 Å². The summed E-state index contributed by atoms with van der Waals surface area (Å²) in [4.78, 5) is 16.9. The van der Waals surface area contributed by atoms with Crippen molar-refractivity contribution in [2.45, 2.75) is 37.1 Å². The summed E-state index contributed by atoms with van der Waals surface area (Å²) in [6.07, 6.45) is 4.59. The number of carbonyl (C=O) groups is 1. The molecule has 6 nitrogen and oxygen atoms in total. The van der Waals surface area contributed by atoms with E-state index < -0.39 is 0 Å². The summed E-state index contributed by atoms with van der Waals surface area (Å²) in [5.41, 5.74) is 0.592. The summed E-state index contributed by atoms with van der Waals surface area (Å²) in [5, 5.41) is 3.98. The van der Waals surface area contributed by atoms with Crippen LogP contribution in [0.1, 0.15) is 47.8 Å². The molecule has 1 amide bonds. The molecule has 3 aliphatic rings. The number of likely N-dealkylation sites (tertiary alicyclic amines) is 2. The Morgan fingerprint density at radius 3 is 2.91 bits per heavy atom. The van der Waals surface area contributed by atoms with Gasteiger partial charge in [-0.05, 0) is 45.2 Å². The minimum atomic E-state index is 0.00791. The number of carbonyl (C=O) groups excluding carboxylic acids is 1. The third-order valence-electron chi connectivity index (χ3n) is 5.74. The molecule has 4 rings (SSSR count). The van der Waals surface area contributed by atoms with Gasteiger partial charge in [0.2, 0.25) is 0 Å². The number of amides is 1. The summed E-state index contributed by atoms with van der Waals surface area (Å²) < 4.78 is 10.6. The molecular weight excluding hydrogens is 294 g/mol. The van der Waals surface area contributed by atoms with Crippen LogP contribution >= 0.6 is 0 Å². The maximum atomic E-state index is 12.6. The standard InChI is InChI=1S/C17H25N3O3/c1-19-6-5-12(9-22-2)8-17(19)10-20(11-17)16(21)14-7-15(23-18-14)13-3-4-13/h7,12-13H,3-6,8-11H2,1-2H3/t12-/m1/s1. The third-order valence-corrected chi connectivity index (χ3v) is 5.74. The molecule has 3 fully saturated rings. The van der Waals surface area contributed by atoms with Gasteiger partial charge >= 0.3 is 0 Å². The maximum Gasteiger partial charge on any atom is 0.276 e. The highest BCUT2D eigenvalue weighted by Gasteiger charge is 2.51. The summed E-state index contributed by atoms with van der Waals surface area (Å²) in [5.74, 6) is 1.97. The zero-order valence-corrected chi connectivity index (χ0v) is 14.0. The van der Waals surface area contributed by atoms with Crippen LogP contribution in [-0.2, 0) is 4.74 Å². The van der Waals surface area contributed by atoms with Crippen LogP contribution in [0.3, 0.4) is 0 Å². The summed E-state index contributed by atoms with van der Waals surface area (Å²) >= 11 is 0. The van der Waals surface area contributed by atoms with E-state index >= 15 is 0 Å². The predicted octanol–water partition coefficient (Wildman–Crippen LogP) is 1.73. The Labute approximate surface area is 136 Å². The Morgan fingerprint density at radius 2 is 2.22 bits per heavy atom.